The maximum atomic E-state index is 8.93. The third-order valence-electron chi connectivity index (χ3n) is 2.91. The Bertz CT molecular complexity index is 736. The average Bonchev–Trinajstić information content (AvgIpc) is 2.93. The van der Waals surface area contributed by atoms with Crippen molar-refractivity contribution < 1.29 is 18.6 Å². The topological polar surface area (TPSA) is 102 Å². The van der Waals surface area contributed by atoms with Crippen LogP contribution in [0.5, 0.6) is 17.2 Å². The number of rotatable bonds is 6. The van der Waals surface area contributed by atoms with E-state index in [9.17, 15) is 0 Å². The van der Waals surface area contributed by atoms with Crippen LogP contribution in [0.3, 0.4) is 0 Å². The van der Waals surface area contributed by atoms with Gasteiger partial charge in [-0.15, -0.1) is 0 Å². The first-order chi connectivity index (χ1) is 11.1. The molecule has 0 aliphatic carbocycles. The number of benzene rings is 1. The number of oxazole rings is 1. The standard InChI is InChI=1S/C15H16N4O4/c1-9-18-11(7-16)15(23-9)19-17-8-10-5-12(20-2)14(22-4)13(6-10)21-3/h5-6,8,19H,1-4H3/b17-8-. The summed E-state index contributed by atoms with van der Waals surface area (Å²) in [5, 5.41) is 13.0. The van der Waals surface area contributed by atoms with Crippen LogP contribution in [0.15, 0.2) is 21.7 Å². The van der Waals surface area contributed by atoms with Gasteiger partial charge in [0, 0.05) is 12.5 Å². The van der Waals surface area contributed by atoms with Gasteiger partial charge in [-0.25, -0.2) is 10.4 Å². The SMILES string of the molecule is COc1cc(/C=N\Nc2oc(C)nc2C#N)cc(OC)c1OC. The molecule has 0 aliphatic heterocycles. The molecular formula is C15H16N4O4. The number of hydrogen-bond acceptors (Lipinski definition) is 8. The van der Waals surface area contributed by atoms with E-state index in [0.29, 0.717) is 28.7 Å². The number of hydrazone groups is 1. The van der Waals surface area contributed by atoms with Gasteiger partial charge in [0.25, 0.3) is 5.88 Å². The predicted molar refractivity (Wildman–Crippen MR) is 83.3 cm³/mol. The van der Waals surface area contributed by atoms with Crippen molar-refractivity contribution >= 4 is 12.1 Å². The first-order valence-corrected chi connectivity index (χ1v) is 6.59. The third-order valence-corrected chi connectivity index (χ3v) is 2.91. The molecule has 0 saturated heterocycles. The molecule has 8 heteroatoms. The number of hydrogen-bond donors (Lipinski definition) is 1. The van der Waals surface area contributed by atoms with Crippen molar-refractivity contribution in [3.63, 3.8) is 0 Å². The molecule has 2 aromatic rings. The summed E-state index contributed by atoms with van der Waals surface area (Å²) in [5.74, 6) is 2.10. The highest BCUT2D eigenvalue weighted by Gasteiger charge is 2.12. The molecule has 0 aliphatic rings. The number of aromatic nitrogens is 1. The number of anilines is 1. The van der Waals surface area contributed by atoms with E-state index in [-0.39, 0.29) is 11.6 Å². The predicted octanol–water partition coefficient (Wildman–Crippen LogP) is 2.33. The molecule has 1 aromatic heterocycles. The lowest BCUT2D eigenvalue weighted by Gasteiger charge is -2.12. The fraction of sp³-hybridized carbons (Fsp3) is 0.267. The van der Waals surface area contributed by atoms with E-state index < -0.39 is 0 Å². The first-order valence-electron chi connectivity index (χ1n) is 6.59. The van der Waals surface area contributed by atoms with Gasteiger partial charge in [0.2, 0.25) is 11.4 Å². The molecule has 1 heterocycles. The van der Waals surface area contributed by atoms with E-state index in [0.717, 1.165) is 0 Å². The summed E-state index contributed by atoms with van der Waals surface area (Å²) in [5.41, 5.74) is 3.49. The van der Waals surface area contributed by atoms with E-state index in [2.05, 4.69) is 15.5 Å². The summed E-state index contributed by atoms with van der Waals surface area (Å²) in [7, 11) is 4.60. The number of nitriles is 1. The van der Waals surface area contributed by atoms with Crippen LogP contribution in [0.25, 0.3) is 0 Å². The molecule has 0 amide bonds. The summed E-state index contributed by atoms with van der Waals surface area (Å²) in [6.07, 6.45) is 1.53. The highest BCUT2D eigenvalue weighted by Crippen LogP contribution is 2.37. The molecule has 8 nitrogen and oxygen atoms in total. The molecule has 0 spiro atoms. The van der Waals surface area contributed by atoms with Gasteiger partial charge < -0.3 is 18.6 Å². The Labute approximate surface area is 133 Å². The normalized spacial score (nSPS) is 10.4. The van der Waals surface area contributed by atoms with E-state index in [1.807, 2.05) is 6.07 Å². The second-order valence-electron chi connectivity index (χ2n) is 4.35. The van der Waals surface area contributed by atoms with Crippen LogP contribution in [-0.2, 0) is 0 Å². The Hall–Kier alpha value is -3.21. The smallest absolute Gasteiger partial charge is 0.252 e. The van der Waals surface area contributed by atoms with Crippen molar-refractivity contribution in [3.8, 4) is 23.3 Å². The fourth-order valence-corrected chi connectivity index (χ4v) is 1.92. The second kappa shape index (κ2) is 7.17. The molecule has 0 fully saturated rings. The number of nitrogens with one attached hydrogen (secondary N) is 1. The van der Waals surface area contributed by atoms with E-state index >= 15 is 0 Å². The Kier molecular flexibility index (Phi) is 5.04. The van der Waals surface area contributed by atoms with Gasteiger partial charge in [0.05, 0.1) is 27.5 Å². The average molecular weight is 316 g/mol. The fourth-order valence-electron chi connectivity index (χ4n) is 1.92. The van der Waals surface area contributed by atoms with Crippen LogP contribution in [0.1, 0.15) is 17.1 Å². The monoisotopic (exact) mass is 316 g/mol. The van der Waals surface area contributed by atoms with Crippen molar-refractivity contribution in [1.29, 1.82) is 5.26 Å². The zero-order valence-corrected chi connectivity index (χ0v) is 13.2. The van der Waals surface area contributed by atoms with Crippen LogP contribution in [0.2, 0.25) is 0 Å². The molecule has 0 saturated carbocycles. The molecule has 1 N–H and O–H groups in total. The minimum Gasteiger partial charge on any atom is -0.493 e. The lowest BCUT2D eigenvalue weighted by Crippen LogP contribution is -1.97. The van der Waals surface area contributed by atoms with Gasteiger partial charge in [-0.05, 0) is 12.1 Å². The number of nitrogens with zero attached hydrogens (tertiary/aromatic N) is 3. The Balaban J connectivity index is 2.24. The lowest BCUT2D eigenvalue weighted by molar-refractivity contribution is 0.324. The van der Waals surface area contributed by atoms with Crippen molar-refractivity contribution in [1.82, 2.24) is 4.98 Å². The maximum Gasteiger partial charge on any atom is 0.252 e. The molecular weight excluding hydrogens is 300 g/mol. The third kappa shape index (κ3) is 3.52. The second-order valence-corrected chi connectivity index (χ2v) is 4.35. The van der Waals surface area contributed by atoms with Crippen LogP contribution in [-0.4, -0.2) is 32.5 Å². The van der Waals surface area contributed by atoms with E-state index in [1.54, 1.807) is 19.1 Å². The summed E-state index contributed by atoms with van der Waals surface area (Å²) < 4.78 is 21.0. The van der Waals surface area contributed by atoms with Crippen molar-refractivity contribution in [2.75, 3.05) is 26.8 Å². The van der Waals surface area contributed by atoms with Gasteiger partial charge in [0.15, 0.2) is 17.4 Å². The van der Waals surface area contributed by atoms with E-state index in [1.165, 1.54) is 27.5 Å². The molecule has 23 heavy (non-hydrogen) atoms. The van der Waals surface area contributed by atoms with Gasteiger partial charge in [-0.3, -0.25) is 0 Å². The molecule has 0 bridgehead atoms. The first kappa shape index (κ1) is 16.2. The minimum atomic E-state index is 0.143. The van der Waals surface area contributed by atoms with Crippen LogP contribution < -0.4 is 19.6 Å². The lowest BCUT2D eigenvalue weighted by atomic mass is 10.2. The van der Waals surface area contributed by atoms with Crippen molar-refractivity contribution in [2.45, 2.75) is 6.92 Å². The quantitative estimate of drug-likeness (QED) is 0.644. The summed E-state index contributed by atoms with van der Waals surface area (Å²) >= 11 is 0. The van der Waals surface area contributed by atoms with Crippen molar-refractivity contribution in [2.24, 2.45) is 5.10 Å². The molecule has 0 unspecified atom stereocenters. The van der Waals surface area contributed by atoms with Gasteiger partial charge in [-0.2, -0.15) is 10.4 Å². The van der Waals surface area contributed by atoms with Gasteiger partial charge in [0.1, 0.15) is 6.07 Å². The van der Waals surface area contributed by atoms with Crippen LogP contribution in [0, 0.1) is 18.3 Å². The van der Waals surface area contributed by atoms with Gasteiger partial charge in [-0.1, -0.05) is 0 Å². The molecule has 0 radical (unpaired) electrons. The highest BCUT2D eigenvalue weighted by molar-refractivity contribution is 5.83. The summed E-state index contributed by atoms with van der Waals surface area (Å²) in [6.45, 7) is 1.65. The Morgan fingerprint density at radius 2 is 1.87 bits per heavy atom. The summed E-state index contributed by atoms with van der Waals surface area (Å²) in [4.78, 5) is 3.91. The minimum absolute atomic E-state index is 0.143. The molecule has 1 aromatic carbocycles. The Morgan fingerprint density at radius 1 is 1.22 bits per heavy atom. The van der Waals surface area contributed by atoms with Gasteiger partial charge >= 0.3 is 0 Å². The van der Waals surface area contributed by atoms with Crippen LogP contribution >= 0.6 is 0 Å². The molecule has 2 rings (SSSR count). The zero-order chi connectivity index (χ0) is 16.8. The van der Waals surface area contributed by atoms with Crippen LogP contribution in [0.4, 0.5) is 5.88 Å². The van der Waals surface area contributed by atoms with Crippen molar-refractivity contribution in [3.05, 3.63) is 29.3 Å². The maximum absolute atomic E-state index is 8.93. The van der Waals surface area contributed by atoms with E-state index in [4.69, 9.17) is 23.9 Å². The Morgan fingerprint density at radius 3 is 2.39 bits per heavy atom. The summed E-state index contributed by atoms with van der Waals surface area (Å²) in [6, 6.07) is 5.40. The molecule has 0 atom stereocenters. The highest BCUT2D eigenvalue weighted by atomic mass is 16.5. The number of methoxy groups -OCH3 is 3. The largest absolute Gasteiger partial charge is 0.493 e. The number of ether oxygens (including phenoxy) is 3. The zero-order valence-electron chi connectivity index (χ0n) is 13.2. The molecule has 120 valence electrons. The number of aryl methyl sites for hydroxylation is 1.